The smallest absolute Gasteiger partial charge is 0.339 e. The fraction of sp³-hybridized carbons (Fsp3) is 0.419. The number of fused-ring (bicyclic) bond motifs is 1. The first-order valence-corrected chi connectivity index (χ1v) is 14.7. The molecule has 4 rings (SSSR count). The molecule has 2 aromatic carbocycles. The molecule has 252 valence electrons. The number of hydrogen-bond donors (Lipinski definition) is 2. The molecule has 0 aliphatic carbocycles. The van der Waals surface area contributed by atoms with Crippen LogP contribution in [0.25, 0.3) is 0 Å². The maximum absolute atomic E-state index is 14.7. The molecule has 47 heavy (non-hydrogen) atoms. The number of nitrogens with zero attached hydrogens (tertiary/aromatic N) is 1. The van der Waals surface area contributed by atoms with Gasteiger partial charge in [0.05, 0.1) is 25.4 Å². The van der Waals surface area contributed by atoms with Crippen molar-refractivity contribution >= 4 is 52.8 Å². The van der Waals surface area contributed by atoms with Gasteiger partial charge in [0.25, 0.3) is 0 Å². The Labute approximate surface area is 273 Å². The Morgan fingerprint density at radius 1 is 0.957 bits per heavy atom. The minimum Gasteiger partial charge on any atom is -0.467 e. The molecule has 2 heterocycles. The Morgan fingerprint density at radius 2 is 1.62 bits per heavy atom. The molecule has 14 nitrogen and oxygen atoms in total. The first kappa shape index (κ1) is 35.3. The highest BCUT2D eigenvalue weighted by molar-refractivity contribution is 6.31. The highest BCUT2D eigenvalue weighted by Gasteiger charge is 2.55. The largest absolute Gasteiger partial charge is 0.467 e. The van der Waals surface area contributed by atoms with Crippen LogP contribution in [0.2, 0.25) is 5.02 Å². The summed E-state index contributed by atoms with van der Waals surface area (Å²) in [4.78, 5) is 65.9. The summed E-state index contributed by atoms with van der Waals surface area (Å²) in [6.45, 7) is 2.71. The number of amides is 1. The third-order valence-electron chi connectivity index (χ3n) is 6.95. The molecule has 0 saturated carbocycles. The van der Waals surface area contributed by atoms with Gasteiger partial charge in [0.1, 0.15) is 12.4 Å². The summed E-state index contributed by atoms with van der Waals surface area (Å²) >= 11 is 6.24. The molecule has 16 heteroatoms. The number of carbonyl (C=O) groups excluding carboxylic acids is 5. The second-order valence-electron chi connectivity index (χ2n) is 10.5. The minimum absolute atomic E-state index is 0.0482. The lowest BCUT2D eigenvalue weighted by atomic mass is 9.97. The van der Waals surface area contributed by atoms with Gasteiger partial charge in [0, 0.05) is 49.2 Å². The Kier molecular flexibility index (Phi) is 11.9. The molecule has 1 unspecified atom stereocenters. The van der Waals surface area contributed by atoms with E-state index in [9.17, 15) is 28.4 Å². The average molecular weight is 678 g/mol. The monoisotopic (exact) mass is 677 g/mol. The number of benzodiazepines with no additional fused rings is 1. The number of carbonyl (C=O) groups is 5. The van der Waals surface area contributed by atoms with E-state index in [1.807, 2.05) is 0 Å². The fourth-order valence-corrected chi connectivity index (χ4v) is 5.22. The van der Waals surface area contributed by atoms with E-state index in [1.165, 1.54) is 6.07 Å². The molecule has 6 atom stereocenters. The Balaban J connectivity index is 1.48. The first-order chi connectivity index (χ1) is 22.4. The van der Waals surface area contributed by atoms with E-state index in [4.69, 9.17) is 40.0 Å². The zero-order valence-corrected chi connectivity index (χ0v) is 26.6. The normalized spacial score (nSPS) is 23.5. The molecule has 1 saturated heterocycles. The number of ether oxygens (including phenoxy) is 6. The van der Waals surface area contributed by atoms with E-state index >= 15 is 0 Å². The topological polar surface area (TPSA) is 177 Å². The van der Waals surface area contributed by atoms with Crippen molar-refractivity contribution in [2.45, 2.75) is 57.5 Å². The molecule has 0 aromatic heterocycles. The van der Waals surface area contributed by atoms with E-state index in [0.29, 0.717) is 27.5 Å². The molecule has 1 amide bonds. The number of rotatable bonds is 10. The Bertz CT molecular complexity index is 1550. The van der Waals surface area contributed by atoms with Crippen molar-refractivity contribution in [1.29, 1.82) is 0 Å². The number of halogens is 2. The molecule has 0 spiro atoms. The number of esters is 4. The quantitative estimate of drug-likeness (QED) is 0.276. The maximum atomic E-state index is 14.7. The Morgan fingerprint density at radius 3 is 2.28 bits per heavy atom. The van der Waals surface area contributed by atoms with Crippen LogP contribution in [0.4, 0.5) is 10.1 Å². The van der Waals surface area contributed by atoms with Crippen LogP contribution in [0, 0.1) is 5.82 Å². The number of nitrogens with one attached hydrogen (secondary N) is 2. The predicted octanol–water partition coefficient (Wildman–Crippen LogP) is 1.94. The molecular formula is C31H33ClFN3O11. The number of hydrogen-bond acceptors (Lipinski definition) is 13. The van der Waals surface area contributed by atoms with Crippen LogP contribution in [-0.4, -0.2) is 99.1 Å². The summed E-state index contributed by atoms with van der Waals surface area (Å²) in [5.74, 6) is -4.66. The van der Waals surface area contributed by atoms with Crippen LogP contribution in [0.15, 0.2) is 47.5 Å². The summed E-state index contributed by atoms with van der Waals surface area (Å²) in [6, 6.07) is 10.8. The van der Waals surface area contributed by atoms with Crippen LogP contribution >= 0.6 is 11.6 Å². The number of methoxy groups -OCH3 is 1. The van der Waals surface area contributed by atoms with Gasteiger partial charge < -0.3 is 39.1 Å². The van der Waals surface area contributed by atoms with Gasteiger partial charge in [-0.3, -0.25) is 24.2 Å². The van der Waals surface area contributed by atoms with Crippen molar-refractivity contribution in [3.8, 4) is 0 Å². The lowest BCUT2D eigenvalue weighted by molar-refractivity contribution is -0.300. The molecule has 2 aliphatic heterocycles. The van der Waals surface area contributed by atoms with Crippen molar-refractivity contribution in [3.05, 3.63) is 64.4 Å². The van der Waals surface area contributed by atoms with Crippen molar-refractivity contribution < 1.29 is 56.8 Å². The van der Waals surface area contributed by atoms with Crippen LogP contribution in [0.5, 0.6) is 0 Å². The van der Waals surface area contributed by atoms with E-state index < -0.39 is 79.0 Å². The van der Waals surface area contributed by atoms with E-state index in [0.717, 1.165) is 27.9 Å². The average Bonchev–Trinajstić information content (AvgIpc) is 3.19. The maximum Gasteiger partial charge on any atom is 0.339 e. The van der Waals surface area contributed by atoms with Gasteiger partial charge in [-0.25, -0.2) is 9.18 Å². The summed E-state index contributed by atoms with van der Waals surface area (Å²) < 4.78 is 46.5. The minimum atomic E-state index is -1.67. The van der Waals surface area contributed by atoms with Gasteiger partial charge in [-0.15, -0.1) is 0 Å². The highest BCUT2D eigenvalue weighted by Crippen LogP contribution is 2.31. The second kappa shape index (κ2) is 15.8. The number of aliphatic imine (C=N–C) groups is 1. The van der Waals surface area contributed by atoms with Gasteiger partial charge in [0.15, 0.2) is 30.7 Å². The summed E-state index contributed by atoms with van der Waals surface area (Å²) in [5.41, 5.74) is 1.89. The van der Waals surface area contributed by atoms with Crippen LogP contribution in [0.3, 0.4) is 0 Å². The van der Waals surface area contributed by atoms with Gasteiger partial charge in [-0.2, -0.15) is 0 Å². The van der Waals surface area contributed by atoms with Crippen LogP contribution < -0.4 is 10.6 Å². The summed E-state index contributed by atoms with van der Waals surface area (Å²) in [6.07, 6.45) is -7.98. The van der Waals surface area contributed by atoms with Crippen molar-refractivity contribution in [2.24, 2.45) is 4.99 Å². The summed E-state index contributed by atoms with van der Waals surface area (Å²) in [7, 11) is 1.05. The van der Waals surface area contributed by atoms with Gasteiger partial charge in [-0.05, 0) is 30.3 Å². The SMILES string of the molecule is COC(=O)[C@H]1O[C@@H](OCC(=O)NCC2CN=C(c3ccccc3F)c3cc(Cl)ccc3N2)[C@H](OC(C)=O)[C@@H](OC(C)=O)[C@@H]1OC(C)=O. The lowest BCUT2D eigenvalue weighted by Crippen LogP contribution is -2.64. The fourth-order valence-electron chi connectivity index (χ4n) is 5.05. The predicted molar refractivity (Wildman–Crippen MR) is 162 cm³/mol. The molecule has 0 bridgehead atoms. The molecular weight excluding hydrogens is 645 g/mol. The Hall–Kier alpha value is -4.60. The van der Waals surface area contributed by atoms with Crippen molar-refractivity contribution in [3.63, 3.8) is 0 Å². The van der Waals surface area contributed by atoms with Gasteiger partial charge in [0.2, 0.25) is 5.91 Å². The van der Waals surface area contributed by atoms with Crippen LogP contribution in [-0.2, 0) is 52.4 Å². The molecule has 2 N–H and O–H groups in total. The molecule has 2 aromatic rings. The third-order valence-corrected chi connectivity index (χ3v) is 7.19. The number of benzene rings is 2. The van der Waals surface area contributed by atoms with Gasteiger partial charge >= 0.3 is 23.9 Å². The zero-order valence-electron chi connectivity index (χ0n) is 25.8. The highest BCUT2D eigenvalue weighted by atomic mass is 35.5. The molecule has 1 fully saturated rings. The van der Waals surface area contributed by atoms with E-state index in [2.05, 4.69) is 15.6 Å². The van der Waals surface area contributed by atoms with Crippen molar-refractivity contribution in [1.82, 2.24) is 5.32 Å². The zero-order chi connectivity index (χ0) is 34.2. The van der Waals surface area contributed by atoms with E-state index in [-0.39, 0.29) is 13.1 Å². The lowest BCUT2D eigenvalue weighted by Gasteiger charge is -2.43. The second-order valence-corrected chi connectivity index (χ2v) is 10.9. The van der Waals surface area contributed by atoms with Crippen LogP contribution in [0.1, 0.15) is 31.9 Å². The van der Waals surface area contributed by atoms with Gasteiger partial charge in [-0.1, -0.05) is 23.7 Å². The first-order valence-electron chi connectivity index (χ1n) is 14.4. The number of anilines is 1. The summed E-state index contributed by atoms with van der Waals surface area (Å²) in [5, 5.41) is 6.42. The molecule has 0 radical (unpaired) electrons. The standard InChI is InChI=1S/C31H33ClFN3O11/c1-15(37)44-26-27(45-16(2)38)29(46-17(3)39)31(47-28(26)30(41)42-4)43-14-24(40)34-12-19-13-35-25(20-7-5-6-8-22(20)33)21-11-18(32)9-10-23(21)36-19/h5-11,19,26-29,31,36H,12-14H2,1-4H3,(H,34,40)/t19?,26-,27-,28-,29+,31+/m0/s1. The molecule has 2 aliphatic rings. The van der Waals surface area contributed by atoms with E-state index in [1.54, 1.807) is 36.4 Å². The van der Waals surface area contributed by atoms with Crippen molar-refractivity contribution in [2.75, 3.05) is 32.1 Å². The third kappa shape index (κ3) is 9.02.